The van der Waals surface area contributed by atoms with Crippen LogP contribution < -0.4 is 10.0 Å². The molecule has 0 unspecified atom stereocenters. The molecule has 0 bridgehead atoms. The summed E-state index contributed by atoms with van der Waals surface area (Å²) < 4.78 is 24.9. The number of carboxylic acids is 1. The Morgan fingerprint density at radius 1 is 1.45 bits per heavy atom. The van der Waals surface area contributed by atoms with E-state index in [2.05, 4.69) is 15.0 Å². The summed E-state index contributed by atoms with van der Waals surface area (Å²) in [6.45, 7) is 5.27. The van der Waals surface area contributed by atoms with Crippen molar-refractivity contribution in [1.82, 2.24) is 9.71 Å². The van der Waals surface area contributed by atoms with Crippen LogP contribution in [0.25, 0.3) is 0 Å². The summed E-state index contributed by atoms with van der Waals surface area (Å²) in [7, 11) is -3.35. The molecule has 0 aromatic carbocycles. The van der Waals surface area contributed by atoms with Gasteiger partial charge in [-0.2, -0.15) is 0 Å². The normalized spacial score (nSPS) is 12.2. The van der Waals surface area contributed by atoms with Crippen LogP contribution >= 0.6 is 0 Å². The van der Waals surface area contributed by atoms with Crippen LogP contribution in [0.15, 0.2) is 12.3 Å². The molecule has 1 heterocycles. The Kier molecular flexibility index (Phi) is 4.72. The molecule has 1 rings (SSSR count). The van der Waals surface area contributed by atoms with Gasteiger partial charge >= 0.3 is 5.97 Å². The van der Waals surface area contributed by atoms with Gasteiger partial charge in [-0.3, -0.25) is 0 Å². The predicted octanol–water partition coefficient (Wildman–Crippen LogP) is 0.828. The summed E-state index contributed by atoms with van der Waals surface area (Å²) in [6.07, 6.45) is 2.57. The maximum absolute atomic E-state index is 11.2. The first-order valence-corrected chi connectivity index (χ1v) is 7.83. The summed E-state index contributed by atoms with van der Waals surface area (Å²) in [5, 5.41) is 12.1. The molecule has 0 amide bonds. The van der Waals surface area contributed by atoms with E-state index in [0.29, 0.717) is 5.56 Å². The van der Waals surface area contributed by atoms with E-state index in [1.54, 1.807) is 26.8 Å². The lowest BCUT2D eigenvalue weighted by Crippen LogP contribution is -2.48. The first-order chi connectivity index (χ1) is 9.02. The van der Waals surface area contributed by atoms with Gasteiger partial charge in [0.2, 0.25) is 10.0 Å². The Bertz CT molecular complexity index is 611. The lowest BCUT2D eigenvalue weighted by Gasteiger charge is -2.26. The van der Waals surface area contributed by atoms with Crippen LogP contribution in [0.5, 0.6) is 0 Å². The standard InChI is InChI=1S/C12H19N3O4S/c1-8-5-6-13-10(9(8)11(16)17)14-7-12(2,3)15-20(4,18)19/h5-6,15H,7H2,1-4H3,(H,13,14)(H,16,17). The third kappa shape index (κ3) is 4.78. The summed E-state index contributed by atoms with van der Waals surface area (Å²) in [6, 6.07) is 1.61. The molecule has 20 heavy (non-hydrogen) atoms. The van der Waals surface area contributed by atoms with Crippen LogP contribution in [-0.4, -0.2) is 42.8 Å². The van der Waals surface area contributed by atoms with Crippen molar-refractivity contribution < 1.29 is 18.3 Å². The molecular weight excluding hydrogens is 282 g/mol. The number of aromatic nitrogens is 1. The number of aryl methyl sites for hydroxylation is 1. The second kappa shape index (κ2) is 5.76. The molecule has 7 nitrogen and oxygen atoms in total. The van der Waals surface area contributed by atoms with E-state index in [-0.39, 0.29) is 17.9 Å². The number of aromatic carboxylic acids is 1. The van der Waals surface area contributed by atoms with Gasteiger partial charge in [0.15, 0.2) is 0 Å². The van der Waals surface area contributed by atoms with Crippen molar-refractivity contribution in [2.24, 2.45) is 0 Å². The van der Waals surface area contributed by atoms with Crippen LogP contribution in [-0.2, 0) is 10.0 Å². The van der Waals surface area contributed by atoms with Gasteiger partial charge in [-0.1, -0.05) is 0 Å². The van der Waals surface area contributed by atoms with Gasteiger partial charge in [-0.25, -0.2) is 22.9 Å². The number of hydrogen-bond acceptors (Lipinski definition) is 5. The number of rotatable bonds is 6. The maximum atomic E-state index is 11.2. The molecular formula is C12H19N3O4S. The van der Waals surface area contributed by atoms with Crippen LogP contribution in [0.4, 0.5) is 5.82 Å². The van der Waals surface area contributed by atoms with E-state index < -0.39 is 21.5 Å². The molecule has 8 heteroatoms. The van der Waals surface area contributed by atoms with Gasteiger partial charge in [0, 0.05) is 18.3 Å². The van der Waals surface area contributed by atoms with Crippen molar-refractivity contribution in [2.45, 2.75) is 26.3 Å². The highest BCUT2D eigenvalue weighted by molar-refractivity contribution is 7.88. The van der Waals surface area contributed by atoms with Gasteiger partial charge in [0.05, 0.1) is 6.26 Å². The van der Waals surface area contributed by atoms with Crippen molar-refractivity contribution >= 4 is 21.8 Å². The Balaban J connectivity index is 2.91. The van der Waals surface area contributed by atoms with E-state index >= 15 is 0 Å². The number of sulfonamides is 1. The van der Waals surface area contributed by atoms with E-state index in [0.717, 1.165) is 6.26 Å². The van der Waals surface area contributed by atoms with Crippen LogP contribution in [0, 0.1) is 6.92 Å². The van der Waals surface area contributed by atoms with Crippen LogP contribution in [0.3, 0.4) is 0 Å². The molecule has 0 fully saturated rings. The molecule has 0 radical (unpaired) electrons. The number of nitrogens with one attached hydrogen (secondary N) is 2. The van der Waals surface area contributed by atoms with Crippen LogP contribution in [0.1, 0.15) is 29.8 Å². The molecule has 1 aromatic heterocycles. The third-order valence-electron chi connectivity index (χ3n) is 2.53. The number of pyridine rings is 1. The molecule has 0 aliphatic carbocycles. The Hall–Kier alpha value is -1.67. The van der Waals surface area contributed by atoms with Gasteiger partial charge in [0.1, 0.15) is 11.4 Å². The minimum Gasteiger partial charge on any atom is -0.478 e. The summed E-state index contributed by atoms with van der Waals surface area (Å²) in [5.74, 6) is -0.854. The Labute approximate surface area is 118 Å². The van der Waals surface area contributed by atoms with E-state index in [1.807, 2.05) is 0 Å². The summed E-state index contributed by atoms with van der Waals surface area (Å²) >= 11 is 0. The van der Waals surface area contributed by atoms with Crippen molar-refractivity contribution in [2.75, 3.05) is 18.1 Å². The second-order valence-electron chi connectivity index (χ2n) is 5.27. The fraction of sp³-hybridized carbons (Fsp3) is 0.500. The molecule has 0 saturated heterocycles. The fourth-order valence-electron chi connectivity index (χ4n) is 1.80. The van der Waals surface area contributed by atoms with Crippen molar-refractivity contribution in [3.8, 4) is 0 Å². The SMILES string of the molecule is Cc1ccnc(NCC(C)(C)NS(C)(=O)=O)c1C(=O)O. The number of anilines is 1. The number of hydrogen-bond donors (Lipinski definition) is 3. The second-order valence-corrected chi connectivity index (χ2v) is 7.02. The van der Waals surface area contributed by atoms with Crippen molar-refractivity contribution in [1.29, 1.82) is 0 Å². The van der Waals surface area contributed by atoms with E-state index in [1.165, 1.54) is 6.20 Å². The smallest absolute Gasteiger partial charge is 0.339 e. The highest BCUT2D eigenvalue weighted by Gasteiger charge is 2.23. The third-order valence-corrected chi connectivity index (χ3v) is 3.46. The molecule has 3 N–H and O–H groups in total. The summed E-state index contributed by atoms with van der Waals surface area (Å²) in [5.41, 5.74) is -0.0963. The average Bonchev–Trinajstić information content (AvgIpc) is 2.22. The van der Waals surface area contributed by atoms with Gasteiger partial charge in [-0.05, 0) is 32.4 Å². The number of carbonyl (C=O) groups is 1. The maximum Gasteiger partial charge on any atom is 0.339 e. The lowest BCUT2D eigenvalue weighted by molar-refractivity contribution is 0.0696. The average molecular weight is 301 g/mol. The number of nitrogens with zero attached hydrogens (tertiary/aromatic N) is 1. The Morgan fingerprint density at radius 2 is 2.05 bits per heavy atom. The number of carboxylic acid groups (broad SMARTS) is 1. The molecule has 0 atom stereocenters. The van der Waals surface area contributed by atoms with Crippen LogP contribution in [0.2, 0.25) is 0 Å². The van der Waals surface area contributed by atoms with Crippen molar-refractivity contribution in [3.63, 3.8) is 0 Å². The monoisotopic (exact) mass is 301 g/mol. The zero-order chi connectivity index (χ0) is 15.6. The molecule has 1 aromatic rings. The van der Waals surface area contributed by atoms with Gasteiger partial charge in [0.25, 0.3) is 0 Å². The predicted molar refractivity (Wildman–Crippen MR) is 76.5 cm³/mol. The minimum atomic E-state index is -3.35. The lowest BCUT2D eigenvalue weighted by atomic mass is 10.1. The molecule has 0 aliphatic heterocycles. The van der Waals surface area contributed by atoms with Gasteiger partial charge in [-0.15, -0.1) is 0 Å². The minimum absolute atomic E-state index is 0.0858. The largest absolute Gasteiger partial charge is 0.478 e. The molecule has 0 saturated carbocycles. The highest BCUT2D eigenvalue weighted by atomic mass is 32.2. The zero-order valence-electron chi connectivity index (χ0n) is 11.9. The quantitative estimate of drug-likeness (QED) is 0.718. The van der Waals surface area contributed by atoms with E-state index in [9.17, 15) is 18.3 Å². The Morgan fingerprint density at radius 3 is 2.55 bits per heavy atom. The molecule has 0 aliphatic rings. The summed E-state index contributed by atoms with van der Waals surface area (Å²) in [4.78, 5) is 15.2. The fourth-order valence-corrected chi connectivity index (χ4v) is 2.88. The van der Waals surface area contributed by atoms with E-state index in [4.69, 9.17) is 0 Å². The highest BCUT2D eigenvalue weighted by Crippen LogP contribution is 2.17. The molecule has 0 spiro atoms. The van der Waals surface area contributed by atoms with Crippen molar-refractivity contribution in [3.05, 3.63) is 23.4 Å². The zero-order valence-corrected chi connectivity index (χ0v) is 12.7. The topological polar surface area (TPSA) is 108 Å². The molecule has 112 valence electrons. The first-order valence-electron chi connectivity index (χ1n) is 5.93. The first kappa shape index (κ1) is 16.4. The van der Waals surface area contributed by atoms with Gasteiger partial charge < -0.3 is 10.4 Å².